The summed E-state index contributed by atoms with van der Waals surface area (Å²) in [6.07, 6.45) is 1.76. The molecule has 0 saturated heterocycles. The third kappa shape index (κ3) is 4.89. The first kappa shape index (κ1) is 13.6. The second-order valence-corrected chi connectivity index (χ2v) is 4.41. The van der Waals surface area contributed by atoms with Crippen LogP contribution in [0.1, 0.15) is 26.7 Å². The Hall–Kier alpha value is -1.51. The van der Waals surface area contributed by atoms with Crippen molar-refractivity contribution in [1.29, 1.82) is 0 Å². The van der Waals surface area contributed by atoms with Crippen LogP contribution in [-0.2, 0) is 4.79 Å². The maximum absolute atomic E-state index is 10.8. The van der Waals surface area contributed by atoms with Crippen molar-refractivity contribution >= 4 is 5.97 Å². The van der Waals surface area contributed by atoms with E-state index in [9.17, 15) is 4.79 Å². The number of hydrogen-bond acceptors (Lipinski definition) is 2. The number of para-hydroxylation sites is 1. The fourth-order valence-electron chi connectivity index (χ4n) is 1.61. The van der Waals surface area contributed by atoms with Crippen LogP contribution in [0, 0.1) is 11.8 Å². The van der Waals surface area contributed by atoms with Gasteiger partial charge in [-0.1, -0.05) is 32.0 Å². The Morgan fingerprint density at radius 3 is 2.53 bits per heavy atom. The average Bonchev–Trinajstić information content (AvgIpc) is 2.34. The molecule has 3 nitrogen and oxygen atoms in total. The van der Waals surface area contributed by atoms with Gasteiger partial charge in [-0.25, -0.2) is 0 Å². The quantitative estimate of drug-likeness (QED) is 0.739. The van der Waals surface area contributed by atoms with Gasteiger partial charge in [0.25, 0.3) is 0 Å². The first-order valence-electron chi connectivity index (χ1n) is 6.02. The Bertz CT molecular complexity index is 335. The molecule has 1 rings (SSSR count). The van der Waals surface area contributed by atoms with Crippen molar-refractivity contribution < 1.29 is 14.6 Å². The number of benzene rings is 1. The molecule has 94 valence electrons. The van der Waals surface area contributed by atoms with E-state index in [1.54, 1.807) is 6.92 Å². The van der Waals surface area contributed by atoms with E-state index in [2.05, 4.69) is 0 Å². The van der Waals surface area contributed by atoms with Crippen LogP contribution < -0.4 is 4.74 Å². The van der Waals surface area contributed by atoms with E-state index in [0.29, 0.717) is 6.61 Å². The molecule has 2 atom stereocenters. The standard InChI is InChI=1S/C14H20O3/c1-11(12(2)14(15)16)7-6-10-17-13-8-4-3-5-9-13/h3-5,8-9,11-12H,6-7,10H2,1-2H3,(H,15,16). The smallest absolute Gasteiger partial charge is 0.306 e. The maximum Gasteiger partial charge on any atom is 0.306 e. The number of aliphatic carboxylic acids is 1. The Balaban J connectivity index is 2.18. The number of carbonyl (C=O) groups is 1. The van der Waals surface area contributed by atoms with Crippen LogP contribution in [-0.4, -0.2) is 17.7 Å². The molecule has 0 amide bonds. The van der Waals surface area contributed by atoms with E-state index < -0.39 is 5.97 Å². The molecule has 0 bridgehead atoms. The second kappa shape index (κ2) is 6.94. The summed E-state index contributed by atoms with van der Waals surface area (Å²) in [4.78, 5) is 10.8. The number of ether oxygens (including phenoxy) is 1. The minimum atomic E-state index is -0.721. The molecule has 0 aliphatic rings. The van der Waals surface area contributed by atoms with Gasteiger partial charge in [0.05, 0.1) is 12.5 Å². The second-order valence-electron chi connectivity index (χ2n) is 4.41. The van der Waals surface area contributed by atoms with Crippen molar-refractivity contribution in [2.75, 3.05) is 6.61 Å². The van der Waals surface area contributed by atoms with Crippen molar-refractivity contribution in [3.63, 3.8) is 0 Å². The summed E-state index contributed by atoms with van der Waals surface area (Å²) in [7, 11) is 0. The molecular formula is C14H20O3. The summed E-state index contributed by atoms with van der Waals surface area (Å²) in [6, 6.07) is 9.66. The van der Waals surface area contributed by atoms with Crippen LogP contribution in [0.2, 0.25) is 0 Å². The van der Waals surface area contributed by atoms with Gasteiger partial charge < -0.3 is 9.84 Å². The lowest BCUT2D eigenvalue weighted by molar-refractivity contribution is -0.142. The molecule has 0 radical (unpaired) electrons. The van der Waals surface area contributed by atoms with Crippen LogP contribution >= 0.6 is 0 Å². The summed E-state index contributed by atoms with van der Waals surface area (Å²) in [5.74, 6) is 0.0477. The predicted molar refractivity (Wildman–Crippen MR) is 67.1 cm³/mol. The summed E-state index contributed by atoms with van der Waals surface area (Å²) in [6.45, 7) is 4.37. The van der Waals surface area contributed by atoms with Gasteiger partial charge in [0.2, 0.25) is 0 Å². The summed E-state index contributed by atoms with van der Waals surface area (Å²) in [5.41, 5.74) is 0. The van der Waals surface area contributed by atoms with Crippen LogP contribution in [0.5, 0.6) is 5.75 Å². The molecule has 0 spiro atoms. The fraction of sp³-hybridized carbons (Fsp3) is 0.500. The molecule has 17 heavy (non-hydrogen) atoms. The summed E-state index contributed by atoms with van der Waals surface area (Å²) < 4.78 is 5.55. The average molecular weight is 236 g/mol. The molecule has 0 saturated carbocycles. The molecule has 3 heteroatoms. The topological polar surface area (TPSA) is 46.5 Å². The summed E-state index contributed by atoms with van der Waals surface area (Å²) in [5, 5.41) is 8.86. The van der Waals surface area contributed by atoms with Crippen molar-refractivity contribution in [2.24, 2.45) is 11.8 Å². The Morgan fingerprint density at radius 2 is 1.94 bits per heavy atom. The first-order valence-corrected chi connectivity index (χ1v) is 6.02. The molecule has 1 aromatic carbocycles. The Morgan fingerprint density at radius 1 is 1.29 bits per heavy atom. The van der Waals surface area contributed by atoms with E-state index in [1.165, 1.54) is 0 Å². The SMILES string of the molecule is CC(CCCOc1ccccc1)C(C)C(=O)O. The van der Waals surface area contributed by atoms with Gasteiger partial charge in [0.1, 0.15) is 5.75 Å². The lowest BCUT2D eigenvalue weighted by atomic mass is 9.92. The highest BCUT2D eigenvalue weighted by Crippen LogP contribution is 2.17. The molecule has 0 fully saturated rings. The summed E-state index contributed by atoms with van der Waals surface area (Å²) >= 11 is 0. The fourth-order valence-corrected chi connectivity index (χ4v) is 1.61. The molecule has 0 heterocycles. The van der Waals surface area contributed by atoms with E-state index in [4.69, 9.17) is 9.84 Å². The van der Waals surface area contributed by atoms with E-state index in [0.717, 1.165) is 18.6 Å². The molecule has 0 aliphatic carbocycles. The van der Waals surface area contributed by atoms with Crippen LogP contribution in [0.15, 0.2) is 30.3 Å². The molecule has 0 aliphatic heterocycles. The third-order valence-electron chi connectivity index (χ3n) is 3.06. The zero-order chi connectivity index (χ0) is 12.7. The number of rotatable bonds is 7. The molecule has 1 aromatic rings. The number of carboxylic acids is 1. The van der Waals surface area contributed by atoms with Gasteiger partial charge in [-0.3, -0.25) is 4.79 Å². The van der Waals surface area contributed by atoms with Crippen LogP contribution in [0.4, 0.5) is 0 Å². The van der Waals surface area contributed by atoms with Crippen LogP contribution in [0.25, 0.3) is 0 Å². The van der Waals surface area contributed by atoms with Gasteiger partial charge in [-0.05, 0) is 30.9 Å². The van der Waals surface area contributed by atoms with Crippen LogP contribution in [0.3, 0.4) is 0 Å². The zero-order valence-electron chi connectivity index (χ0n) is 10.4. The third-order valence-corrected chi connectivity index (χ3v) is 3.06. The van der Waals surface area contributed by atoms with Gasteiger partial charge >= 0.3 is 5.97 Å². The highest BCUT2D eigenvalue weighted by Gasteiger charge is 2.18. The minimum Gasteiger partial charge on any atom is -0.494 e. The van der Waals surface area contributed by atoms with Crippen molar-refractivity contribution in [1.82, 2.24) is 0 Å². The monoisotopic (exact) mass is 236 g/mol. The normalized spacial score (nSPS) is 14.0. The van der Waals surface area contributed by atoms with Gasteiger partial charge in [0.15, 0.2) is 0 Å². The van der Waals surface area contributed by atoms with Crippen molar-refractivity contribution in [3.8, 4) is 5.75 Å². The molecule has 1 N–H and O–H groups in total. The van der Waals surface area contributed by atoms with Crippen molar-refractivity contribution in [3.05, 3.63) is 30.3 Å². The van der Waals surface area contributed by atoms with E-state index >= 15 is 0 Å². The largest absolute Gasteiger partial charge is 0.494 e. The number of carboxylic acid groups (broad SMARTS) is 1. The highest BCUT2D eigenvalue weighted by atomic mass is 16.5. The Labute approximate surface area is 102 Å². The van der Waals surface area contributed by atoms with Gasteiger partial charge in [-0.2, -0.15) is 0 Å². The Kier molecular flexibility index (Phi) is 5.53. The zero-order valence-corrected chi connectivity index (χ0v) is 10.4. The van der Waals surface area contributed by atoms with Crippen molar-refractivity contribution in [2.45, 2.75) is 26.7 Å². The van der Waals surface area contributed by atoms with Gasteiger partial charge in [-0.15, -0.1) is 0 Å². The maximum atomic E-state index is 10.8. The van der Waals surface area contributed by atoms with Gasteiger partial charge in [0, 0.05) is 0 Å². The van der Waals surface area contributed by atoms with E-state index in [-0.39, 0.29) is 11.8 Å². The molecule has 0 aromatic heterocycles. The molecule has 2 unspecified atom stereocenters. The molecular weight excluding hydrogens is 216 g/mol. The number of hydrogen-bond donors (Lipinski definition) is 1. The lowest BCUT2D eigenvalue weighted by Gasteiger charge is -2.15. The lowest BCUT2D eigenvalue weighted by Crippen LogP contribution is -2.18. The highest BCUT2D eigenvalue weighted by molar-refractivity contribution is 5.69. The first-order chi connectivity index (χ1) is 8.11. The minimum absolute atomic E-state index is 0.187. The van der Waals surface area contributed by atoms with E-state index in [1.807, 2.05) is 37.3 Å². The predicted octanol–water partition coefficient (Wildman–Crippen LogP) is 3.20.